The maximum Gasteiger partial charge on any atom is 0.233 e. The van der Waals surface area contributed by atoms with Crippen molar-refractivity contribution in [3.63, 3.8) is 0 Å². The van der Waals surface area contributed by atoms with Crippen LogP contribution in [0.25, 0.3) is 5.69 Å². The number of rotatable bonds is 7. The Hall–Kier alpha value is -2.72. The molecule has 1 atom stereocenters. The first-order valence-electron chi connectivity index (χ1n) is 10.3. The molecule has 0 radical (unpaired) electrons. The molecule has 4 rings (SSSR count). The molecule has 1 saturated heterocycles. The molecule has 1 fully saturated rings. The van der Waals surface area contributed by atoms with Crippen LogP contribution >= 0.6 is 11.8 Å². The molecule has 0 spiro atoms. The van der Waals surface area contributed by atoms with Gasteiger partial charge in [-0.15, -0.1) is 5.10 Å². The van der Waals surface area contributed by atoms with E-state index in [9.17, 15) is 13.2 Å². The van der Waals surface area contributed by atoms with Crippen LogP contribution in [0.5, 0.6) is 0 Å². The number of thioether (sulfide) groups is 1. The highest BCUT2D eigenvalue weighted by Crippen LogP contribution is 2.24. The number of amides is 1. The molecule has 0 aliphatic carbocycles. The summed E-state index contributed by atoms with van der Waals surface area (Å²) in [5.41, 5.74) is 4.00. The van der Waals surface area contributed by atoms with Crippen LogP contribution < -0.4 is 0 Å². The lowest BCUT2D eigenvalue weighted by Crippen LogP contribution is -2.41. The second-order valence-electron chi connectivity index (χ2n) is 8.07. The van der Waals surface area contributed by atoms with E-state index in [1.807, 2.05) is 56.3 Å². The van der Waals surface area contributed by atoms with Crippen molar-refractivity contribution in [1.82, 2.24) is 25.1 Å². The van der Waals surface area contributed by atoms with Gasteiger partial charge < -0.3 is 4.90 Å². The van der Waals surface area contributed by atoms with Crippen LogP contribution in [-0.4, -0.2) is 62.7 Å². The second kappa shape index (κ2) is 9.41. The van der Waals surface area contributed by atoms with E-state index >= 15 is 0 Å². The van der Waals surface area contributed by atoms with Crippen molar-refractivity contribution in [2.45, 2.75) is 38.0 Å². The van der Waals surface area contributed by atoms with Gasteiger partial charge in [0, 0.05) is 12.6 Å². The molecule has 1 aliphatic heterocycles. The highest BCUT2D eigenvalue weighted by molar-refractivity contribution is 7.99. The number of hydrogen-bond donors (Lipinski definition) is 0. The first-order valence-corrected chi connectivity index (χ1v) is 13.1. The van der Waals surface area contributed by atoms with E-state index in [4.69, 9.17) is 0 Å². The van der Waals surface area contributed by atoms with Gasteiger partial charge in [0.25, 0.3) is 0 Å². The minimum Gasteiger partial charge on any atom is -0.334 e. The van der Waals surface area contributed by atoms with Gasteiger partial charge in [-0.3, -0.25) is 4.79 Å². The molecule has 10 heteroatoms. The number of benzene rings is 2. The van der Waals surface area contributed by atoms with Crippen molar-refractivity contribution in [3.8, 4) is 5.69 Å². The maximum atomic E-state index is 13.2. The molecular weight excluding hydrogens is 446 g/mol. The average Bonchev–Trinajstić information content (AvgIpc) is 3.36. The van der Waals surface area contributed by atoms with Gasteiger partial charge in [-0.25, -0.2) is 8.42 Å². The molecule has 0 N–H and O–H groups in total. The quantitative estimate of drug-likeness (QED) is 0.489. The standard InChI is InChI=1S/C22H25N5O3S2/c1-16-10-17(2)12-20(11-16)27-22(23-24-25-27)31-14-21(28)26(13-18-6-4-3-5-7-18)19-8-9-32(29,30)15-19/h3-7,10-12,19H,8-9,13-15H2,1-2H3. The van der Waals surface area contributed by atoms with Gasteiger partial charge in [0.2, 0.25) is 11.1 Å². The molecule has 0 bridgehead atoms. The summed E-state index contributed by atoms with van der Waals surface area (Å²) in [6.07, 6.45) is 0.464. The molecule has 1 unspecified atom stereocenters. The third-order valence-electron chi connectivity index (χ3n) is 5.38. The van der Waals surface area contributed by atoms with E-state index in [-0.39, 0.29) is 29.2 Å². The van der Waals surface area contributed by atoms with Gasteiger partial charge in [0.05, 0.1) is 22.9 Å². The van der Waals surface area contributed by atoms with Crippen LogP contribution in [0, 0.1) is 13.8 Å². The van der Waals surface area contributed by atoms with Gasteiger partial charge in [0.1, 0.15) is 0 Å². The average molecular weight is 472 g/mol. The van der Waals surface area contributed by atoms with Crippen LogP contribution in [0.15, 0.2) is 53.7 Å². The fourth-order valence-corrected chi connectivity index (χ4v) is 6.44. The molecule has 3 aromatic rings. The second-order valence-corrected chi connectivity index (χ2v) is 11.2. The van der Waals surface area contributed by atoms with E-state index in [1.165, 1.54) is 11.8 Å². The van der Waals surface area contributed by atoms with E-state index in [0.717, 1.165) is 22.4 Å². The predicted octanol–water partition coefficient (Wildman–Crippen LogP) is 2.59. The van der Waals surface area contributed by atoms with Crippen LogP contribution in [0.4, 0.5) is 0 Å². The van der Waals surface area contributed by atoms with Crippen LogP contribution in [0.1, 0.15) is 23.1 Å². The van der Waals surface area contributed by atoms with Crippen LogP contribution in [0.3, 0.4) is 0 Å². The summed E-state index contributed by atoms with van der Waals surface area (Å²) >= 11 is 1.25. The van der Waals surface area contributed by atoms with E-state index in [2.05, 4.69) is 21.6 Å². The SMILES string of the molecule is Cc1cc(C)cc(-n2nnnc2SCC(=O)N(Cc2ccccc2)C2CCS(=O)(=O)C2)c1. The molecule has 1 aliphatic rings. The lowest BCUT2D eigenvalue weighted by atomic mass is 10.1. The van der Waals surface area contributed by atoms with Crippen LogP contribution in [-0.2, 0) is 21.2 Å². The molecule has 2 heterocycles. The molecular formula is C22H25N5O3S2. The fraction of sp³-hybridized carbons (Fsp3) is 0.364. The van der Waals surface area contributed by atoms with Crippen molar-refractivity contribution in [2.24, 2.45) is 0 Å². The normalized spacial score (nSPS) is 17.4. The summed E-state index contributed by atoms with van der Waals surface area (Å²) in [6, 6.07) is 15.4. The minimum absolute atomic E-state index is 0.0105. The number of tetrazole rings is 1. The Labute approximate surface area is 191 Å². The van der Waals surface area contributed by atoms with Crippen molar-refractivity contribution in [1.29, 1.82) is 0 Å². The Kier molecular flexibility index (Phi) is 6.61. The number of carbonyl (C=O) groups excluding carboxylic acids is 1. The summed E-state index contributed by atoms with van der Waals surface area (Å²) in [5.74, 6) is 0.121. The van der Waals surface area contributed by atoms with E-state index < -0.39 is 9.84 Å². The molecule has 0 saturated carbocycles. The number of nitrogens with zero attached hydrogens (tertiary/aromatic N) is 5. The summed E-state index contributed by atoms with van der Waals surface area (Å²) in [4.78, 5) is 14.9. The monoisotopic (exact) mass is 471 g/mol. The third-order valence-corrected chi connectivity index (χ3v) is 8.04. The first kappa shape index (κ1) is 22.5. The lowest BCUT2D eigenvalue weighted by molar-refractivity contribution is -0.130. The largest absolute Gasteiger partial charge is 0.334 e. The maximum absolute atomic E-state index is 13.2. The van der Waals surface area contributed by atoms with Gasteiger partial charge in [0.15, 0.2) is 9.84 Å². The molecule has 168 valence electrons. The van der Waals surface area contributed by atoms with Crippen molar-refractivity contribution in [2.75, 3.05) is 17.3 Å². The highest BCUT2D eigenvalue weighted by atomic mass is 32.2. The summed E-state index contributed by atoms with van der Waals surface area (Å²) in [7, 11) is -3.11. The number of hydrogen-bond acceptors (Lipinski definition) is 7. The number of aryl methyl sites for hydroxylation is 2. The molecule has 8 nitrogen and oxygen atoms in total. The van der Waals surface area contributed by atoms with Crippen molar-refractivity contribution < 1.29 is 13.2 Å². The first-order chi connectivity index (χ1) is 15.3. The minimum atomic E-state index is -3.11. The smallest absolute Gasteiger partial charge is 0.233 e. The predicted molar refractivity (Wildman–Crippen MR) is 123 cm³/mol. The van der Waals surface area contributed by atoms with E-state index in [1.54, 1.807) is 9.58 Å². The molecule has 1 amide bonds. The van der Waals surface area contributed by atoms with E-state index in [0.29, 0.717) is 18.1 Å². The zero-order chi connectivity index (χ0) is 22.7. The van der Waals surface area contributed by atoms with Crippen molar-refractivity contribution in [3.05, 3.63) is 65.2 Å². The van der Waals surface area contributed by atoms with Gasteiger partial charge in [-0.05, 0) is 59.5 Å². The zero-order valence-corrected chi connectivity index (χ0v) is 19.6. The molecule has 32 heavy (non-hydrogen) atoms. The zero-order valence-electron chi connectivity index (χ0n) is 18.0. The fourth-order valence-electron chi connectivity index (χ4n) is 3.94. The van der Waals surface area contributed by atoms with Gasteiger partial charge in [-0.2, -0.15) is 4.68 Å². The van der Waals surface area contributed by atoms with Gasteiger partial charge in [-0.1, -0.05) is 48.2 Å². The topological polar surface area (TPSA) is 98.1 Å². The Morgan fingerprint density at radius 1 is 1.16 bits per heavy atom. The number of sulfone groups is 1. The third kappa shape index (κ3) is 5.36. The summed E-state index contributed by atoms with van der Waals surface area (Å²) in [5, 5.41) is 12.5. The van der Waals surface area contributed by atoms with Crippen molar-refractivity contribution >= 4 is 27.5 Å². The van der Waals surface area contributed by atoms with Gasteiger partial charge >= 0.3 is 0 Å². The Balaban J connectivity index is 1.51. The Bertz CT molecular complexity index is 1190. The number of carbonyl (C=O) groups is 1. The Morgan fingerprint density at radius 3 is 2.53 bits per heavy atom. The molecule has 1 aromatic heterocycles. The van der Waals surface area contributed by atoms with Crippen LogP contribution in [0.2, 0.25) is 0 Å². The molecule has 2 aromatic carbocycles. The summed E-state index contributed by atoms with van der Waals surface area (Å²) < 4.78 is 25.7. The lowest BCUT2D eigenvalue weighted by Gasteiger charge is -2.28. The highest BCUT2D eigenvalue weighted by Gasteiger charge is 2.34. The Morgan fingerprint density at radius 2 is 1.88 bits per heavy atom. The summed E-state index contributed by atoms with van der Waals surface area (Å²) in [6.45, 7) is 4.39. The number of aromatic nitrogens is 4.